The summed E-state index contributed by atoms with van der Waals surface area (Å²) in [7, 11) is 0. The minimum absolute atomic E-state index is 0.747. The third-order valence-corrected chi connectivity index (χ3v) is 3.02. The molecular weight excluding hydrogens is 236 g/mol. The minimum atomic E-state index is 0.747. The zero-order valence-electron chi connectivity index (χ0n) is 12.7. The molecule has 1 aromatic rings. The van der Waals surface area contributed by atoms with E-state index in [1.807, 2.05) is 24.3 Å². The van der Waals surface area contributed by atoms with Gasteiger partial charge in [0, 0.05) is 6.07 Å². The maximum atomic E-state index is 5.74. The number of hydrogen-bond acceptors (Lipinski definition) is 2. The largest absolute Gasteiger partial charge is 0.493 e. The quantitative estimate of drug-likeness (QED) is 0.549. The molecule has 0 atom stereocenters. The minimum Gasteiger partial charge on any atom is -0.493 e. The number of ether oxygens (including phenoxy) is 2. The molecule has 0 aromatic heterocycles. The van der Waals surface area contributed by atoms with Crippen LogP contribution in [0.4, 0.5) is 0 Å². The van der Waals surface area contributed by atoms with Gasteiger partial charge in [-0.05, 0) is 37.3 Å². The molecule has 0 aliphatic rings. The molecule has 19 heavy (non-hydrogen) atoms. The second-order valence-corrected chi connectivity index (χ2v) is 5.41. The highest BCUT2D eigenvalue weighted by Crippen LogP contribution is 2.20. The monoisotopic (exact) mass is 264 g/mol. The van der Waals surface area contributed by atoms with Crippen LogP contribution in [-0.4, -0.2) is 13.2 Å². The first-order valence-electron chi connectivity index (χ1n) is 7.58. The van der Waals surface area contributed by atoms with Gasteiger partial charge in [0.15, 0.2) is 0 Å². The van der Waals surface area contributed by atoms with Crippen LogP contribution in [0.25, 0.3) is 0 Å². The summed E-state index contributed by atoms with van der Waals surface area (Å²) in [5, 5.41) is 0. The van der Waals surface area contributed by atoms with E-state index in [0.29, 0.717) is 0 Å². The van der Waals surface area contributed by atoms with Crippen LogP contribution in [0.5, 0.6) is 11.5 Å². The molecule has 0 saturated heterocycles. The molecule has 0 aliphatic heterocycles. The fourth-order valence-electron chi connectivity index (χ4n) is 1.88. The van der Waals surface area contributed by atoms with Gasteiger partial charge in [0.2, 0.25) is 0 Å². The fourth-order valence-corrected chi connectivity index (χ4v) is 1.88. The summed E-state index contributed by atoms with van der Waals surface area (Å²) in [6, 6.07) is 7.97. The maximum Gasteiger partial charge on any atom is 0.122 e. The average Bonchev–Trinajstić information content (AvgIpc) is 2.40. The van der Waals surface area contributed by atoms with E-state index in [-0.39, 0.29) is 0 Å². The van der Waals surface area contributed by atoms with Crippen LogP contribution in [0.3, 0.4) is 0 Å². The summed E-state index contributed by atoms with van der Waals surface area (Å²) in [6.45, 7) is 8.27. The lowest BCUT2D eigenvalue weighted by Crippen LogP contribution is -2.00. The van der Waals surface area contributed by atoms with E-state index in [2.05, 4.69) is 20.8 Å². The van der Waals surface area contributed by atoms with Crippen LogP contribution in [0.15, 0.2) is 24.3 Å². The predicted molar refractivity (Wildman–Crippen MR) is 81.0 cm³/mol. The van der Waals surface area contributed by atoms with Crippen molar-refractivity contribution in [3.63, 3.8) is 0 Å². The van der Waals surface area contributed by atoms with Crippen molar-refractivity contribution in [1.82, 2.24) is 0 Å². The van der Waals surface area contributed by atoms with Crippen LogP contribution in [0.1, 0.15) is 52.9 Å². The van der Waals surface area contributed by atoms with Gasteiger partial charge in [-0.2, -0.15) is 0 Å². The second kappa shape index (κ2) is 9.71. The molecule has 0 radical (unpaired) electrons. The van der Waals surface area contributed by atoms with E-state index >= 15 is 0 Å². The fraction of sp³-hybridized carbons (Fsp3) is 0.647. The van der Waals surface area contributed by atoms with Crippen molar-refractivity contribution in [3.05, 3.63) is 24.3 Å². The van der Waals surface area contributed by atoms with Crippen LogP contribution in [-0.2, 0) is 0 Å². The molecule has 0 amide bonds. The smallest absolute Gasteiger partial charge is 0.122 e. The van der Waals surface area contributed by atoms with Gasteiger partial charge in [-0.3, -0.25) is 0 Å². The Labute approximate surface area is 118 Å². The molecule has 108 valence electrons. The first kappa shape index (κ1) is 15.9. The average molecular weight is 264 g/mol. The molecule has 0 spiro atoms. The molecule has 0 heterocycles. The van der Waals surface area contributed by atoms with E-state index in [9.17, 15) is 0 Å². The summed E-state index contributed by atoms with van der Waals surface area (Å²) >= 11 is 0. The van der Waals surface area contributed by atoms with Crippen molar-refractivity contribution in [2.45, 2.75) is 52.9 Å². The standard InChI is InChI=1S/C17H28O2/c1-4-5-6-12-18-16-10-7-11-17(14-16)19-13-8-9-15(2)3/h7,10-11,14-15H,4-6,8-9,12-13H2,1-3H3. The Morgan fingerprint density at radius 1 is 0.947 bits per heavy atom. The van der Waals surface area contributed by atoms with Gasteiger partial charge in [0.05, 0.1) is 13.2 Å². The Kier molecular flexibility index (Phi) is 8.11. The van der Waals surface area contributed by atoms with Gasteiger partial charge in [0.1, 0.15) is 11.5 Å². The molecule has 0 bridgehead atoms. The Bertz CT molecular complexity index is 334. The molecule has 1 aromatic carbocycles. The predicted octanol–water partition coefficient (Wildman–Crippen LogP) is 5.07. The topological polar surface area (TPSA) is 18.5 Å². The van der Waals surface area contributed by atoms with Crippen molar-refractivity contribution < 1.29 is 9.47 Å². The van der Waals surface area contributed by atoms with E-state index in [0.717, 1.165) is 43.5 Å². The third-order valence-electron chi connectivity index (χ3n) is 3.02. The van der Waals surface area contributed by atoms with Crippen molar-refractivity contribution in [2.24, 2.45) is 5.92 Å². The summed E-state index contributed by atoms with van der Waals surface area (Å²) in [5.41, 5.74) is 0. The Morgan fingerprint density at radius 3 is 2.16 bits per heavy atom. The molecule has 0 saturated carbocycles. The van der Waals surface area contributed by atoms with E-state index < -0.39 is 0 Å². The Hall–Kier alpha value is -1.18. The lowest BCUT2D eigenvalue weighted by atomic mass is 10.1. The summed E-state index contributed by atoms with van der Waals surface area (Å²) in [5.74, 6) is 2.58. The van der Waals surface area contributed by atoms with Gasteiger partial charge in [0.25, 0.3) is 0 Å². The van der Waals surface area contributed by atoms with Crippen LogP contribution in [0, 0.1) is 5.92 Å². The van der Waals surface area contributed by atoms with Gasteiger partial charge in [-0.1, -0.05) is 39.7 Å². The van der Waals surface area contributed by atoms with E-state index in [4.69, 9.17) is 9.47 Å². The van der Waals surface area contributed by atoms with Gasteiger partial charge in [-0.25, -0.2) is 0 Å². The molecule has 0 aliphatic carbocycles. The highest BCUT2D eigenvalue weighted by atomic mass is 16.5. The van der Waals surface area contributed by atoms with Gasteiger partial charge < -0.3 is 9.47 Å². The lowest BCUT2D eigenvalue weighted by Gasteiger charge is -2.10. The second-order valence-electron chi connectivity index (χ2n) is 5.41. The molecule has 2 heteroatoms. The van der Waals surface area contributed by atoms with E-state index in [1.54, 1.807) is 0 Å². The van der Waals surface area contributed by atoms with Crippen molar-refractivity contribution in [3.8, 4) is 11.5 Å². The Morgan fingerprint density at radius 2 is 1.58 bits per heavy atom. The highest BCUT2D eigenvalue weighted by Gasteiger charge is 1.99. The van der Waals surface area contributed by atoms with Gasteiger partial charge >= 0.3 is 0 Å². The van der Waals surface area contributed by atoms with Crippen LogP contribution in [0.2, 0.25) is 0 Å². The number of unbranched alkanes of at least 4 members (excludes halogenated alkanes) is 2. The molecule has 0 N–H and O–H groups in total. The first-order valence-corrected chi connectivity index (χ1v) is 7.58. The maximum absolute atomic E-state index is 5.74. The number of rotatable bonds is 10. The van der Waals surface area contributed by atoms with Crippen LogP contribution >= 0.6 is 0 Å². The third kappa shape index (κ3) is 7.76. The SMILES string of the molecule is CCCCCOc1cccc(OCCCC(C)C)c1. The molecule has 2 nitrogen and oxygen atoms in total. The molecule has 0 fully saturated rings. The summed E-state index contributed by atoms with van der Waals surface area (Å²) in [6.07, 6.45) is 5.90. The first-order chi connectivity index (χ1) is 9.22. The number of benzene rings is 1. The molecular formula is C17H28O2. The summed E-state index contributed by atoms with van der Waals surface area (Å²) < 4.78 is 11.5. The normalized spacial score (nSPS) is 10.7. The van der Waals surface area contributed by atoms with Gasteiger partial charge in [-0.15, -0.1) is 0 Å². The lowest BCUT2D eigenvalue weighted by molar-refractivity contribution is 0.287. The van der Waals surface area contributed by atoms with Crippen LogP contribution < -0.4 is 9.47 Å². The summed E-state index contributed by atoms with van der Waals surface area (Å²) in [4.78, 5) is 0. The van der Waals surface area contributed by atoms with Crippen molar-refractivity contribution in [2.75, 3.05) is 13.2 Å². The highest BCUT2D eigenvalue weighted by molar-refractivity contribution is 5.32. The number of hydrogen-bond donors (Lipinski definition) is 0. The molecule has 1 rings (SSSR count). The van der Waals surface area contributed by atoms with E-state index in [1.165, 1.54) is 19.3 Å². The Balaban J connectivity index is 2.27. The zero-order valence-corrected chi connectivity index (χ0v) is 12.7. The van der Waals surface area contributed by atoms with Crippen molar-refractivity contribution in [1.29, 1.82) is 0 Å². The zero-order chi connectivity index (χ0) is 13.9. The molecule has 0 unspecified atom stereocenters. The van der Waals surface area contributed by atoms with Crippen molar-refractivity contribution >= 4 is 0 Å².